The van der Waals surface area contributed by atoms with Crippen molar-refractivity contribution in [2.75, 3.05) is 13.1 Å². The Labute approximate surface area is 161 Å². The standard InChI is InChI=1S/C18H14F4N4O3/c1-9-15-11(16(28)23-7-14(27)24-8-18(20,21)22)6-13(25-17(15)29-26-9)10-4-2-3-5-12(10)19/h2-6H,7-8H2,1H3,(H,23,28)(H,24,27). The Kier molecular flexibility index (Phi) is 5.48. The van der Waals surface area contributed by atoms with Gasteiger partial charge in [0.25, 0.3) is 11.6 Å². The second kappa shape index (κ2) is 7.86. The maximum Gasteiger partial charge on any atom is 0.405 e. The van der Waals surface area contributed by atoms with Gasteiger partial charge in [-0.3, -0.25) is 9.59 Å². The molecule has 11 heteroatoms. The fourth-order valence-corrected chi connectivity index (χ4v) is 2.60. The van der Waals surface area contributed by atoms with Crippen molar-refractivity contribution in [3.8, 4) is 11.3 Å². The van der Waals surface area contributed by atoms with Crippen LogP contribution >= 0.6 is 0 Å². The quantitative estimate of drug-likeness (QED) is 0.631. The van der Waals surface area contributed by atoms with Gasteiger partial charge >= 0.3 is 6.18 Å². The first-order chi connectivity index (χ1) is 13.7. The van der Waals surface area contributed by atoms with E-state index in [0.717, 1.165) is 0 Å². The van der Waals surface area contributed by atoms with E-state index in [1.54, 1.807) is 18.3 Å². The van der Waals surface area contributed by atoms with Gasteiger partial charge in [0.2, 0.25) is 5.91 Å². The monoisotopic (exact) mass is 410 g/mol. The van der Waals surface area contributed by atoms with E-state index in [1.165, 1.54) is 24.3 Å². The summed E-state index contributed by atoms with van der Waals surface area (Å²) >= 11 is 0. The summed E-state index contributed by atoms with van der Waals surface area (Å²) in [6, 6.07) is 7.05. The largest absolute Gasteiger partial charge is 0.405 e. The lowest BCUT2D eigenvalue weighted by Gasteiger charge is -2.10. The Morgan fingerprint density at radius 3 is 2.59 bits per heavy atom. The van der Waals surface area contributed by atoms with Crippen molar-refractivity contribution in [2.45, 2.75) is 13.1 Å². The molecule has 0 fully saturated rings. The Morgan fingerprint density at radius 1 is 1.17 bits per heavy atom. The van der Waals surface area contributed by atoms with E-state index in [4.69, 9.17) is 4.52 Å². The first-order valence-electron chi connectivity index (χ1n) is 8.29. The molecule has 0 aliphatic carbocycles. The Morgan fingerprint density at radius 2 is 1.90 bits per heavy atom. The average molecular weight is 410 g/mol. The molecule has 0 saturated heterocycles. The second-order valence-electron chi connectivity index (χ2n) is 6.06. The van der Waals surface area contributed by atoms with Gasteiger partial charge < -0.3 is 15.2 Å². The fraction of sp³-hybridized carbons (Fsp3) is 0.222. The number of benzene rings is 1. The number of alkyl halides is 3. The first-order valence-corrected chi connectivity index (χ1v) is 8.29. The zero-order valence-electron chi connectivity index (χ0n) is 14.9. The Hall–Kier alpha value is -3.50. The molecule has 2 amide bonds. The summed E-state index contributed by atoms with van der Waals surface area (Å²) in [6.45, 7) is -0.634. The highest BCUT2D eigenvalue weighted by Crippen LogP contribution is 2.28. The minimum absolute atomic E-state index is 0.00405. The minimum Gasteiger partial charge on any atom is -0.345 e. The van der Waals surface area contributed by atoms with Gasteiger partial charge in [0.15, 0.2) is 0 Å². The third-order valence-corrected chi connectivity index (χ3v) is 3.91. The number of aryl methyl sites for hydroxylation is 1. The van der Waals surface area contributed by atoms with Gasteiger partial charge in [0.05, 0.1) is 28.9 Å². The molecule has 29 heavy (non-hydrogen) atoms. The van der Waals surface area contributed by atoms with E-state index in [0.29, 0.717) is 5.69 Å². The molecular formula is C18H14F4N4O3. The number of halogens is 4. The normalized spacial score (nSPS) is 11.5. The van der Waals surface area contributed by atoms with Crippen LogP contribution in [0.3, 0.4) is 0 Å². The molecule has 0 aliphatic heterocycles. The predicted octanol–water partition coefficient (Wildman–Crippen LogP) is 2.75. The third kappa shape index (κ3) is 4.68. The van der Waals surface area contributed by atoms with Crippen LogP contribution < -0.4 is 10.6 Å². The van der Waals surface area contributed by atoms with Crippen LogP contribution in [-0.2, 0) is 4.79 Å². The molecule has 0 atom stereocenters. The summed E-state index contributed by atoms with van der Waals surface area (Å²) in [5.41, 5.74) is 0.517. The topological polar surface area (TPSA) is 97.1 Å². The van der Waals surface area contributed by atoms with Gasteiger partial charge in [-0.15, -0.1) is 0 Å². The molecule has 0 spiro atoms. The molecule has 0 bridgehead atoms. The molecule has 2 aromatic heterocycles. The van der Waals surface area contributed by atoms with Crippen LogP contribution in [0.25, 0.3) is 22.4 Å². The van der Waals surface area contributed by atoms with Crippen LogP contribution in [0.15, 0.2) is 34.9 Å². The fourth-order valence-electron chi connectivity index (χ4n) is 2.60. The van der Waals surface area contributed by atoms with Gasteiger partial charge in [-0.05, 0) is 25.1 Å². The molecule has 0 aliphatic rings. The van der Waals surface area contributed by atoms with Crippen LogP contribution in [0.5, 0.6) is 0 Å². The second-order valence-corrected chi connectivity index (χ2v) is 6.06. The molecular weight excluding hydrogens is 396 g/mol. The zero-order chi connectivity index (χ0) is 21.2. The number of carbonyl (C=O) groups excluding carboxylic acids is 2. The maximum absolute atomic E-state index is 14.1. The number of pyridine rings is 1. The lowest BCUT2D eigenvalue weighted by Crippen LogP contribution is -2.40. The number of carbonyl (C=O) groups is 2. The summed E-state index contributed by atoms with van der Waals surface area (Å²) in [6.07, 6.45) is -4.56. The van der Waals surface area contributed by atoms with Crippen molar-refractivity contribution < 1.29 is 31.7 Å². The third-order valence-electron chi connectivity index (χ3n) is 3.91. The molecule has 7 nitrogen and oxygen atoms in total. The van der Waals surface area contributed by atoms with Crippen LogP contribution in [0.4, 0.5) is 17.6 Å². The zero-order valence-corrected chi connectivity index (χ0v) is 14.9. The number of hydrogen-bond donors (Lipinski definition) is 2. The number of hydrogen-bond acceptors (Lipinski definition) is 5. The molecule has 0 unspecified atom stereocenters. The van der Waals surface area contributed by atoms with E-state index >= 15 is 0 Å². The molecule has 2 N–H and O–H groups in total. The summed E-state index contributed by atoms with van der Waals surface area (Å²) in [4.78, 5) is 28.3. The van der Waals surface area contributed by atoms with Gasteiger partial charge in [0, 0.05) is 5.56 Å². The molecule has 2 heterocycles. The maximum atomic E-state index is 14.1. The summed E-state index contributed by atoms with van der Waals surface area (Å²) < 4.78 is 55.6. The van der Waals surface area contributed by atoms with Gasteiger partial charge in [-0.2, -0.15) is 13.2 Å². The number of nitrogens with one attached hydrogen (secondary N) is 2. The van der Waals surface area contributed by atoms with Gasteiger partial charge in [0.1, 0.15) is 12.4 Å². The van der Waals surface area contributed by atoms with E-state index in [1.807, 2.05) is 0 Å². The van der Waals surface area contributed by atoms with Crippen molar-refractivity contribution >= 4 is 22.9 Å². The van der Waals surface area contributed by atoms with Crippen LogP contribution in [0.1, 0.15) is 16.1 Å². The molecule has 152 valence electrons. The van der Waals surface area contributed by atoms with Crippen molar-refractivity contribution in [3.63, 3.8) is 0 Å². The van der Waals surface area contributed by atoms with E-state index in [9.17, 15) is 27.2 Å². The highest BCUT2D eigenvalue weighted by atomic mass is 19.4. The van der Waals surface area contributed by atoms with E-state index < -0.39 is 36.9 Å². The van der Waals surface area contributed by atoms with Crippen LogP contribution in [0, 0.1) is 12.7 Å². The molecule has 3 aromatic rings. The Bertz CT molecular complexity index is 1080. The van der Waals surface area contributed by atoms with Crippen molar-refractivity contribution in [1.29, 1.82) is 0 Å². The van der Waals surface area contributed by atoms with Crippen LogP contribution in [-0.4, -0.2) is 41.2 Å². The number of fused-ring (bicyclic) bond motifs is 1. The van der Waals surface area contributed by atoms with Crippen molar-refractivity contribution in [1.82, 2.24) is 20.8 Å². The molecule has 0 saturated carbocycles. The number of aromatic nitrogens is 2. The Balaban J connectivity index is 1.88. The molecule has 1 aromatic carbocycles. The van der Waals surface area contributed by atoms with Gasteiger partial charge in [-0.25, -0.2) is 9.37 Å². The predicted molar refractivity (Wildman–Crippen MR) is 93.3 cm³/mol. The summed E-state index contributed by atoms with van der Waals surface area (Å²) in [5.74, 6) is -2.37. The van der Waals surface area contributed by atoms with E-state index in [-0.39, 0.29) is 27.9 Å². The minimum atomic E-state index is -4.56. The first kappa shape index (κ1) is 20.2. The summed E-state index contributed by atoms with van der Waals surface area (Å²) in [7, 11) is 0. The highest BCUT2D eigenvalue weighted by molar-refractivity contribution is 6.07. The van der Waals surface area contributed by atoms with Gasteiger partial charge in [-0.1, -0.05) is 17.3 Å². The van der Waals surface area contributed by atoms with Crippen molar-refractivity contribution in [3.05, 3.63) is 47.4 Å². The number of amides is 2. The number of rotatable bonds is 5. The highest BCUT2D eigenvalue weighted by Gasteiger charge is 2.28. The lowest BCUT2D eigenvalue weighted by molar-refractivity contribution is -0.137. The SMILES string of the molecule is Cc1noc2nc(-c3ccccc3F)cc(C(=O)NCC(=O)NCC(F)(F)F)c12. The average Bonchev–Trinajstić information content (AvgIpc) is 3.04. The molecule has 0 radical (unpaired) electrons. The smallest absolute Gasteiger partial charge is 0.345 e. The van der Waals surface area contributed by atoms with Crippen LogP contribution in [0.2, 0.25) is 0 Å². The number of nitrogens with zero attached hydrogens (tertiary/aromatic N) is 2. The molecule has 3 rings (SSSR count). The summed E-state index contributed by atoms with van der Waals surface area (Å²) in [5, 5.41) is 7.85. The van der Waals surface area contributed by atoms with E-state index in [2.05, 4.69) is 15.5 Å². The van der Waals surface area contributed by atoms with Crippen molar-refractivity contribution in [2.24, 2.45) is 0 Å². The lowest BCUT2D eigenvalue weighted by atomic mass is 10.0.